The van der Waals surface area contributed by atoms with E-state index in [2.05, 4.69) is 10.6 Å². The van der Waals surface area contributed by atoms with Crippen molar-refractivity contribution in [2.24, 2.45) is 0 Å². The number of hydrogen-bond acceptors (Lipinski definition) is 14. The lowest BCUT2D eigenvalue weighted by molar-refractivity contribution is -0.267. The van der Waals surface area contributed by atoms with Crippen LogP contribution in [-0.4, -0.2) is 89.3 Å². The highest BCUT2D eigenvalue weighted by atomic mass is 32.2. The van der Waals surface area contributed by atoms with Crippen LogP contribution in [-0.2, 0) is 85.1 Å². The molecule has 0 aliphatic carbocycles. The van der Waals surface area contributed by atoms with Gasteiger partial charge in [0.25, 0.3) is 5.91 Å². The molecule has 2 amide bonds. The third-order valence-electron chi connectivity index (χ3n) is 11.9. The van der Waals surface area contributed by atoms with E-state index < -0.39 is 89.1 Å². The van der Waals surface area contributed by atoms with Crippen LogP contribution in [0.15, 0.2) is 156 Å². The summed E-state index contributed by atoms with van der Waals surface area (Å²) in [5, 5.41) is 4.85. The van der Waals surface area contributed by atoms with Crippen LogP contribution in [0.25, 0.3) is 0 Å². The summed E-state index contributed by atoms with van der Waals surface area (Å²) in [6.45, 7) is 16.8. The number of hydrogen-bond donors (Lipinski definition) is 2. The fourth-order valence-electron chi connectivity index (χ4n) is 8.47. The van der Waals surface area contributed by atoms with Crippen molar-refractivity contribution in [2.75, 3.05) is 6.61 Å². The van der Waals surface area contributed by atoms with E-state index in [0.29, 0.717) is 16.9 Å². The number of alkyl carbamates (subject to hydrolysis) is 1. The zero-order valence-corrected chi connectivity index (χ0v) is 46.9. The molecule has 2 N–H and O–H groups in total. The van der Waals surface area contributed by atoms with Gasteiger partial charge in [0.1, 0.15) is 75.5 Å². The molecule has 2 aliphatic heterocycles. The SMILES string of the molecule is CC(C)(C)OC(=O)N[C@@H](CC1=C(C(=O)N[C@@H](Cc2ccc(OC(C)(C)C)cc2)C(=O)OC(C)(C)C)S[C@H]2[C@@H](O1)O[C@H](COCc1ccccc1)[C@@H](OCc1ccccc1)[C@@H]2OCc1ccccc1)C(=O)OCc1ccccc1. The Balaban J connectivity index is 1.30. The van der Waals surface area contributed by atoms with Gasteiger partial charge in [-0.2, -0.15) is 0 Å². The summed E-state index contributed by atoms with van der Waals surface area (Å²) in [4.78, 5) is 57.5. The Hall–Kier alpha value is -6.69. The van der Waals surface area contributed by atoms with Crippen molar-refractivity contribution in [1.29, 1.82) is 0 Å². The van der Waals surface area contributed by atoms with Gasteiger partial charge in [-0.15, -0.1) is 11.8 Å². The second kappa shape index (κ2) is 27.3. The van der Waals surface area contributed by atoms with Gasteiger partial charge < -0.3 is 53.3 Å². The summed E-state index contributed by atoms with van der Waals surface area (Å²) in [7, 11) is 0. The highest BCUT2D eigenvalue weighted by Crippen LogP contribution is 2.45. The zero-order valence-electron chi connectivity index (χ0n) is 46.1. The monoisotopic (exact) mass is 1090 g/mol. The summed E-state index contributed by atoms with van der Waals surface area (Å²) in [6.07, 6.45) is -4.81. The van der Waals surface area contributed by atoms with Gasteiger partial charge in [0, 0.05) is 12.8 Å². The Labute approximate surface area is 463 Å². The Morgan fingerprint density at radius 3 is 1.56 bits per heavy atom. The van der Waals surface area contributed by atoms with Gasteiger partial charge >= 0.3 is 18.0 Å². The van der Waals surface area contributed by atoms with E-state index in [4.69, 9.17) is 42.6 Å². The zero-order chi connectivity index (χ0) is 55.9. The number of fused-ring (bicyclic) bond motifs is 1. The number of esters is 2. The summed E-state index contributed by atoms with van der Waals surface area (Å²) in [5.74, 6) is -1.62. The molecule has 0 aromatic heterocycles. The Bertz CT molecular complexity index is 2740. The summed E-state index contributed by atoms with van der Waals surface area (Å²) >= 11 is 1.10. The van der Waals surface area contributed by atoms with E-state index in [1.165, 1.54) is 0 Å². The van der Waals surface area contributed by atoms with Gasteiger partial charge in [-0.1, -0.05) is 133 Å². The molecule has 0 saturated carbocycles. The molecule has 2 heterocycles. The van der Waals surface area contributed by atoms with Crippen molar-refractivity contribution in [3.63, 3.8) is 0 Å². The number of amides is 2. The summed E-state index contributed by atoms with van der Waals surface area (Å²) in [5.41, 5.74) is 1.88. The first kappa shape index (κ1) is 59.0. The molecule has 0 radical (unpaired) electrons. The molecule has 416 valence electrons. The minimum Gasteiger partial charge on any atom is -0.488 e. The fraction of sp³-hybridized carbons (Fsp3) is 0.419. The standard InChI is InChI=1S/C62H74N2O13S/c1-60(2,3)75-46-32-30-41(31-33-46)34-47(57(67)76-61(4,5)6)63-55(65)53-49(35-48(64-59(68)77-62(7,8)9)56(66)72-39-45-28-20-13-21-29-45)73-58-54(78-53)52(71-38-44-26-18-12-19-27-44)51(70-37-43-24-16-11-17-25-43)50(74-58)40-69-36-42-22-14-10-15-23-42/h10-33,47-48,50-52,54,58H,34-40H2,1-9H3,(H,63,65)(H,64,68)/t47-,48-,50+,51+,52-,54+,58-/m0/s1. The molecule has 5 aromatic carbocycles. The third-order valence-corrected chi connectivity index (χ3v) is 13.3. The molecule has 1 fully saturated rings. The van der Waals surface area contributed by atoms with E-state index >= 15 is 4.79 Å². The largest absolute Gasteiger partial charge is 0.488 e. The molecule has 1 saturated heterocycles. The minimum atomic E-state index is -1.45. The molecular weight excluding hydrogens is 1010 g/mol. The smallest absolute Gasteiger partial charge is 0.408 e. The van der Waals surface area contributed by atoms with Gasteiger partial charge in [0.15, 0.2) is 0 Å². The fourth-order valence-corrected chi connectivity index (χ4v) is 9.77. The predicted molar refractivity (Wildman–Crippen MR) is 297 cm³/mol. The Morgan fingerprint density at radius 2 is 1.04 bits per heavy atom. The van der Waals surface area contributed by atoms with Crippen LogP contribution >= 0.6 is 11.8 Å². The molecule has 0 unspecified atom stereocenters. The van der Waals surface area contributed by atoms with Gasteiger partial charge in [0.05, 0.1) is 26.4 Å². The first-order valence-corrected chi connectivity index (χ1v) is 27.2. The molecule has 0 spiro atoms. The maximum atomic E-state index is 15.4. The predicted octanol–water partition coefficient (Wildman–Crippen LogP) is 10.7. The van der Waals surface area contributed by atoms with Crippen molar-refractivity contribution < 1.29 is 61.8 Å². The average Bonchev–Trinajstić information content (AvgIpc) is 3.45. The van der Waals surface area contributed by atoms with Crippen LogP contribution in [0.4, 0.5) is 4.79 Å². The molecular formula is C62H74N2O13S. The lowest BCUT2D eigenvalue weighted by Crippen LogP contribution is -2.61. The van der Waals surface area contributed by atoms with Crippen LogP contribution in [0.2, 0.25) is 0 Å². The quantitative estimate of drug-likeness (QED) is 0.0495. The van der Waals surface area contributed by atoms with Crippen molar-refractivity contribution in [1.82, 2.24) is 10.6 Å². The summed E-state index contributed by atoms with van der Waals surface area (Å²) < 4.78 is 57.4. The molecule has 15 nitrogen and oxygen atoms in total. The summed E-state index contributed by atoms with van der Waals surface area (Å²) in [6, 6.07) is 42.8. The topological polar surface area (TPSA) is 175 Å². The Kier molecular flexibility index (Phi) is 20.6. The van der Waals surface area contributed by atoms with Crippen LogP contribution in [0.5, 0.6) is 5.75 Å². The molecule has 78 heavy (non-hydrogen) atoms. The average molecular weight is 1090 g/mol. The van der Waals surface area contributed by atoms with Gasteiger partial charge in [-0.05, 0) is 102 Å². The van der Waals surface area contributed by atoms with Crippen molar-refractivity contribution >= 4 is 35.7 Å². The number of carbonyl (C=O) groups excluding carboxylic acids is 4. The first-order chi connectivity index (χ1) is 37.1. The van der Waals surface area contributed by atoms with Gasteiger partial charge in [0.2, 0.25) is 6.29 Å². The minimum absolute atomic E-state index is 0.0110. The number of benzene rings is 5. The molecule has 0 bridgehead atoms. The van der Waals surface area contributed by atoms with Crippen LogP contribution in [0.3, 0.4) is 0 Å². The number of nitrogens with one attached hydrogen (secondary N) is 2. The van der Waals surface area contributed by atoms with Crippen molar-refractivity contribution in [3.05, 3.63) is 184 Å². The lowest BCUT2D eigenvalue weighted by Gasteiger charge is -2.48. The van der Waals surface area contributed by atoms with Crippen LogP contribution in [0, 0.1) is 0 Å². The van der Waals surface area contributed by atoms with E-state index in [-0.39, 0.29) is 50.1 Å². The number of rotatable bonds is 22. The van der Waals surface area contributed by atoms with Gasteiger partial charge in [-0.25, -0.2) is 14.4 Å². The van der Waals surface area contributed by atoms with E-state index in [0.717, 1.165) is 28.5 Å². The van der Waals surface area contributed by atoms with Crippen LogP contribution in [0.1, 0.15) is 96.6 Å². The lowest BCUT2D eigenvalue weighted by atomic mass is 9.99. The highest BCUT2D eigenvalue weighted by Gasteiger charge is 2.53. The third kappa shape index (κ3) is 18.8. The molecule has 16 heteroatoms. The maximum Gasteiger partial charge on any atom is 0.408 e. The van der Waals surface area contributed by atoms with Crippen LogP contribution < -0.4 is 15.4 Å². The molecule has 5 aromatic rings. The van der Waals surface area contributed by atoms with E-state index in [1.54, 1.807) is 53.7 Å². The van der Waals surface area contributed by atoms with Gasteiger partial charge in [-0.3, -0.25) is 4.79 Å². The van der Waals surface area contributed by atoms with Crippen molar-refractivity contribution in [3.8, 4) is 5.75 Å². The molecule has 7 rings (SSSR count). The normalized spacial score (nSPS) is 19.3. The molecule has 2 aliphatic rings. The van der Waals surface area contributed by atoms with Crippen molar-refractivity contribution in [2.45, 2.75) is 160 Å². The van der Waals surface area contributed by atoms with E-state index in [1.807, 2.05) is 154 Å². The Morgan fingerprint density at radius 1 is 0.538 bits per heavy atom. The number of ether oxygens (including phenoxy) is 9. The second-order valence-corrected chi connectivity index (χ2v) is 23.3. The number of carbonyl (C=O) groups is 4. The number of thioether (sulfide) groups is 1. The second-order valence-electron chi connectivity index (χ2n) is 22.1. The highest BCUT2D eigenvalue weighted by molar-refractivity contribution is 8.04. The van der Waals surface area contributed by atoms with E-state index in [9.17, 15) is 14.4 Å². The first-order valence-electron chi connectivity index (χ1n) is 26.3. The molecule has 7 atom stereocenters. The maximum absolute atomic E-state index is 15.4.